The van der Waals surface area contributed by atoms with E-state index in [1.165, 1.54) is 6.92 Å². The Balaban J connectivity index is 1.96. The number of nitrogens with zero attached hydrogens (tertiary/aromatic N) is 2. The largest absolute Gasteiger partial charge is 0.398 e. The molecule has 5 heteroatoms. The molecular weight excluding hydrogens is 288 g/mol. The van der Waals surface area contributed by atoms with Gasteiger partial charge in [-0.25, -0.2) is 9.97 Å². The molecule has 0 aliphatic rings. The molecule has 0 aliphatic carbocycles. The lowest BCUT2D eigenvalue weighted by Crippen LogP contribution is -2.07. The molecule has 2 aromatic heterocycles. The smallest absolute Gasteiger partial charge is 0.222 e. The van der Waals surface area contributed by atoms with Gasteiger partial charge >= 0.3 is 0 Å². The summed E-state index contributed by atoms with van der Waals surface area (Å²) in [6.07, 6.45) is 0. The predicted molar refractivity (Wildman–Crippen MR) is 90.7 cm³/mol. The summed E-state index contributed by atoms with van der Waals surface area (Å²) in [6, 6.07) is 14.7. The minimum absolute atomic E-state index is 0.174. The van der Waals surface area contributed by atoms with Gasteiger partial charge in [0.25, 0.3) is 0 Å². The van der Waals surface area contributed by atoms with E-state index < -0.39 is 0 Å². The molecular formula is C18H14N4O. The molecule has 0 bridgehead atoms. The first-order valence-electron chi connectivity index (χ1n) is 7.04. The van der Waals surface area contributed by atoms with Crippen molar-refractivity contribution < 1.29 is 4.79 Å². The van der Waals surface area contributed by atoms with Gasteiger partial charge in [0.05, 0.1) is 0 Å². The fraction of sp³-hybridized carbons (Fsp3) is 0.0556. The number of carbonyl (C=O) groups is 1. The Morgan fingerprint density at radius 3 is 2.61 bits per heavy atom. The van der Waals surface area contributed by atoms with Crippen LogP contribution in [0.1, 0.15) is 18.2 Å². The number of hydrogen-bond acceptors (Lipinski definition) is 4. The van der Waals surface area contributed by atoms with Crippen molar-refractivity contribution >= 4 is 28.4 Å². The number of para-hydroxylation sites is 1. The van der Waals surface area contributed by atoms with Gasteiger partial charge in [0.2, 0.25) is 5.91 Å². The molecule has 0 unspecified atom stereocenters. The topological polar surface area (TPSA) is 80.9 Å². The molecule has 0 aliphatic heterocycles. The van der Waals surface area contributed by atoms with Crippen molar-refractivity contribution in [2.75, 3.05) is 11.1 Å². The molecule has 5 nitrogen and oxygen atoms in total. The molecule has 0 saturated heterocycles. The molecule has 0 atom stereocenters. The highest BCUT2D eigenvalue weighted by atomic mass is 16.1. The summed E-state index contributed by atoms with van der Waals surface area (Å²) in [4.78, 5) is 19.8. The summed E-state index contributed by atoms with van der Waals surface area (Å²) in [5.74, 6) is 6.29. The lowest BCUT2D eigenvalue weighted by Gasteiger charge is -2.02. The van der Waals surface area contributed by atoms with E-state index in [2.05, 4.69) is 27.1 Å². The SMILES string of the molecule is CC(=O)Nc1ccc2ccc(C#Cc3ccccc3N)nc2n1. The Kier molecular flexibility index (Phi) is 3.89. The Hall–Kier alpha value is -3.39. The number of anilines is 2. The second-order valence-corrected chi connectivity index (χ2v) is 4.96. The molecule has 0 radical (unpaired) electrons. The van der Waals surface area contributed by atoms with Crippen molar-refractivity contribution in [3.05, 3.63) is 59.8 Å². The highest BCUT2D eigenvalue weighted by Gasteiger charge is 2.02. The van der Waals surface area contributed by atoms with Gasteiger partial charge in [0.15, 0.2) is 5.65 Å². The Morgan fingerprint density at radius 2 is 1.83 bits per heavy atom. The van der Waals surface area contributed by atoms with Crippen molar-refractivity contribution in [1.29, 1.82) is 0 Å². The van der Waals surface area contributed by atoms with Crippen LogP contribution in [0, 0.1) is 11.8 Å². The lowest BCUT2D eigenvalue weighted by atomic mass is 10.2. The second kappa shape index (κ2) is 6.16. The maximum atomic E-state index is 11.1. The molecule has 112 valence electrons. The van der Waals surface area contributed by atoms with Gasteiger partial charge in [-0.2, -0.15) is 0 Å². The van der Waals surface area contributed by atoms with Crippen LogP contribution in [0.25, 0.3) is 11.0 Å². The maximum absolute atomic E-state index is 11.1. The number of benzene rings is 1. The van der Waals surface area contributed by atoms with Crippen LogP contribution >= 0.6 is 0 Å². The zero-order valence-electron chi connectivity index (χ0n) is 12.5. The van der Waals surface area contributed by atoms with Crippen molar-refractivity contribution in [2.45, 2.75) is 6.92 Å². The molecule has 1 aromatic carbocycles. The molecule has 0 spiro atoms. The zero-order valence-corrected chi connectivity index (χ0v) is 12.5. The van der Waals surface area contributed by atoms with Gasteiger partial charge in [-0.05, 0) is 42.3 Å². The Bertz CT molecular complexity index is 954. The highest BCUT2D eigenvalue weighted by Crippen LogP contribution is 2.14. The molecule has 2 heterocycles. The lowest BCUT2D eigenvalue weighted by molar-refractivity contribution is -0.114. The summed E-state index contributed by atoms with van der Waals surface area (Å²) in [6.45, 7) is 1.44. The quantitative estimate of drug-likeness (QED) is 0.535. The van der Waals surface area contributed by atoms with E-state index in [1.807, 2.05) is 36.4 Å². The first-order chi connectivity index (χ1) is 11.1. The van der Waals surface area contributed by atoms with Crippen molar-refractivity contribution in [3.8, 4) is 11.8 Å². The van der Waals surface area contributed by atoms with E-state index >= 15 is 0 Å². The van der Waals surface area contributed by atoms with Gasteiger partial charge in [-0.1, -0.05) is 18.1 Å². The summed E-state index contributed by atoms with van der Waals surface area (Å²) in [5, 5.41) is 3.52. The molecule has 0 saturated carbocycles. The molecule has 3 N–H and O–H groups in total. The van der Waals surface area contributed by atoms with Crippen LogP contribution in [-0.2, 0) is 4.79 Å². The van der Waals surface area contributed by atoms with Crippen LogP contribution in [0.3, 0.4) is 0 Å². The minimum atomic E-state index is -0.174. The summed E-state index contributed by atoms with van der Waals surface area (Å²) >= 11 is 0. The monoisotopic (exact) mass is 302 g/mol. The van der Waals surface area contributed by atoms with Gasteiger partial charge in [0.1, 0.15) is 11.5 Å². The predicted octanol–water partition coefficient (Wildman–Crippen LogP) is 2.57. The number of pyridine rings is 2. The number of amides is 1. The standard InChI is InChI=1S/C18H14N4O/c1-12(23)20-17-11-8-14-7-10-15(21-18(14)22-17)9-6-13-4-2-3-5-16(13)19/h2-5,7-8,10-11H,19H2,1H3,(H,20,21,22,23). The number of carbonyl (C=O) groups excluding carboxylic acids is 1. The number of nitrogens with two attached hydrogens (primary N) is 1. The number of hydrogen-bond donors (Lipinski definition) is 2. The van der Waals surface area contributed by atoms with Gasteiger partial charge in [-0.15, -0.1) is 0 Å². The third-order valence-electron chi connectivity index (χ3n) is 3.14. The second-order valence-electron chi connectivity index (χ2n) is 4.96. The first kappa shape index (κ1) is 14.5. The van der Waals surface area contributed by atoms with E-state index in [1.54, 1.807) is 12.1 Å². The average molecular weight is 302 g/mol. The number of nitrogens with one attached hydrogen (secondary N) is 1. The van der Waals surface area contributed by atoms with Crippen LogP contribution in [0.2, 0.25) is 0 Å². The Labute approximate surface area is 133 Å². The van der Waals surface area contributed by atoms with Gasteiger partial charge < -0.3 is 11.1 Å². The molecule has 0 fully saturated rings. The maximum Gasteiger partial charge on any atom is 0.222 e. The van der Waals surface area contributed by atoms with E-state index in [-0.39, 0.29) is 5.91 Å². The van der Waals surface area contributed by atoms with Gasteiger partial charge in [-0.3, -0.25) is 4.79 Å². The van der Waals surface area contributed by atoms with Crippen LogP contribution < -0.4 is 11.1 Å². The summed E-state index contributed by atoms with van der Waals surface area (Å²) in [7, 11) is 0. The third kappa shape index (κ3) is 3.44. The Morgan fingerprint density at radius 1 is 1.04 bits per heavy atom. The van der Waals surface area contributed by atoms with E-state index in [0.717, 1.165) is 10.9 Å². The molecule has 1 amide bonds. The summed E-state index contributed by atoms with van der Waals surface area (Å²) in [5.41, 5.74) is 8.38. The molecule has 3 rings (SSSR count). The van der Waals surface area contributed by atoms with Crippen LogP contribution in [0.4, 0.5) is 11.5 Å². The van der Waals surface area contributed by atoms with Crippen LogP contribution in [-0.4, -0.2) is 15.9 Å². The number of aromatic nitrogens is 2. The molecule has 23 heavy (non-hydrogen) atoms. The third-order valence-corrected chi connectivity index (χ3v) is 3.14. The van der Waals surface area contributed by atoms with E-state index in [0.29, 0.717) is 22.8 Å². The van der Waals surface area contributed by atoms with E-state index in [4.69, 9.17) is 5.73 Å². The van der Waals surface area contributed by atoms with Gasteiger partial charge in [0, 0.05) is 23.6 Å². The fourth-order valence-electron chi connectivity index (χ4n) is 2.06. The first-order valence-corrected chi connectivity index (χ1v) is 7.04. The van der Waals surface area contributed by atoms with E-state index in [9.17, 15) is 4.79 Å². The van der Waals surface area contributed by atoms with Crippen LogP contribution in [0.5, 0.6) is 0 Å². The van der Waals surface area contributed by atoms with Crippen LogP contribution in [0.15, 0.2) is 48.5 Å². The highest BCUT2D eigenvalue weighted by molar-refractivity contribution is 5.89. The van der Waals surface area contributed by atoms with Crippen molar-refractivity contribution in [1.82, 2.24) is 9.97 Å². The van der Waals surface area contributed by atoms with Crippen molar-refractivity contribution in [3.63, 3.8) is 0 Å². The number of fused-ring (bicyclic) bond motifs is 1. The normalized spacial score (nSPS) is 9.96. The minimum Gasteiger partial charge on any atom is -0.398 e. The average Bonchev–Trinajstić information content (AvgIpc) is 2.53. The number of nitrogen functional groups attached to an aromatic ring is 1. The number of rotatable bonds is 1. The van der Waals surface area contributed by atoms with Crippen molar-refractivity contribution in [2.24, 2.45) is 0 Å². The molecule has 3 aromatic rings. The zero-order chi connectivity index (χ0) is 16.2. The summed E-state index contributed by atoms with van der Waals surface area (Å²) < 4.78 is 0. The fourth-order valence-corrected chi connectivity index (χ4v) is 2.06.